The van der Waals surface area contributed by atoms with Gasteiger partial charge >= 0.3 is 0 Å². The van der Waals surface area contributed by atoms with Crippen LogP contribution in [0.5, 0.6) is 0 Å². The summed E-state index contributed by atoms with van der Waals surface area (Å²) in [7, 11) is 1.83. The number of rotatable bonds is 5. The number of thiophene rings is 1. The second-order valence-corrected chi connectivity index (χ2v) is 7.44. The maximum atomic E-state index is 5.94. The Kier molecular flexibility index (Phi) is 5.43. The third-order valence-corrected chi connectivity index (χ3v) is 6.26. The van der Waals surface area contributed by atoms with Crippen molar-refractivity contribution in [2.24, 2.45) is 11.8 Å². The Bertz CT molecular complexity index is 412. The molecule has 3 atom stereocenters. The summed E-state index contributed by atoms with van der Waals surface area (Å²) in [6, 6.07) is 2.26. The van der Waals surface area contributed by atoms with Crippen LogP contribution in [0.4, 0.5) is 0 Å². The van der Waals surface area contributed by atoms with Crippen LogP contribution < -0.4 is 11.3 Å². The second kappa shape index (κ2) is 6.68. The number of nitrogens with two attached hydrogens (primary N) is 1. The highest BCUT2D eigenvalue weighted by Gasteiger charge is 2.42. The van der Waals surface area contributed by atoms with Gasteiger partial charge in [0.1, 0.15) is 0 Å². The van der Waals surface area contributed by atoms with Gasteiger partial charge in [0.25, 0.3) is 0 Å². The van der Waals surface area contributed by atoms with Crippen molar-refractivity contribution in [2.45, 2.75) is 50.7 Å². The molecule has 0 aliphatic heterocycles. The molecule has 1 heterocycles. The molecular weight excluding hydrogens is 324 g/mol. The number of hydrogen-bond acceptors (Lipinski definition) is 4. The number of halogens is 1. The summed E-state index contributed by atoms with van der Waals surface area (Å²) in [6.07, 6.45) is 5.60. The van der Waals surface area contributed by atoms with Crippen molar-refractivity contribution >= 4 is 27.3 Å². The van der Waals surface area contributed by atoms with Gasteiger partial charge in [-0.25, -0.2) is 0 Å². The first-order valence-corrected chi connectivity index (χ1v) is 8.51. The molecule has 2 rings (SSSR count). The zero-order valence-corrected chi connectivity index (χ0v) is 14.0. The van der Waals surface area contributed by atoms with Gasteiger partial charge in [-0.05, 0) is 46.1 Å². The topological polar surface area (TPSA) is 47.3 Å². The number of hydrogen-bond donors (Lipinski definition) is 2. The molecule has 5 heteroatoms. The predicted octanol–water partition coefficient (Wildman–Crippen LogP) is 3.48. The van der Waals surface area contributed by atoms with E-state index in [0.29, 0.717) is 5.92 Å². The molecule has 19 heavy (non-hydrogen) atoms. The molecule has 0 aromatic carbocycles. The largest absolute Gasteiger partial charge is 0.377 e. The number of ether oxygens (including phenoxy) is 1. The first-order valence-electron chi connectivity index (χ1n) is 6.84. The van der Waals surface area contributed by atoms with Crippen LogP contribution in [-0.2, 0) is 11.2 Å². The van der Waals surface area contributed by atoms with Gasteiger partial charge < -0.3 is 4.74 Å². The Balaban J connectivity index is 2.16. The minimum Gasteiger partial charge on any atom is -0.377 e. The van der Waals surface area contributed by atoms with Crippen LogP contribution in [0.15, 0.2) is 15.9 Å². The third-order valence-electron chi connectivity index (χ3n) is 4.31. The third kappa shape index (κ3) is 3.39. The van der Waals surface area contributed by atoms with Gasteiger partial charge in [0, 0.05) is 22.9 Å². The van der Waals surface area contributed by atoms with E-state index >= 15 is 0 Å². The molecule has 1 aromatic heterocycles. The van der Waals surface area contributed by atoms with E-state index in [0.717, 1.165) is 19.3 Å². The summed E-state index contributed by atoms with van der Waals surface area (Å²) in [5.41, 5.74) is 2.88. The van der Waals surface area contributed by atoms with E-state index in [1.54, 1.807) is 11.3 Å². The van der Waals surface area contributed by atoms with Gasteiger partial charge in [0.2, 0.25) is 0 Å². The summed E-state index contributed by atoms with van der Waals surface area (Å²) in [6.45, 7) is 2.31. The van der Waals surface area contributed by atoms with Gasteiger partial charge in [0.05, 0.1) is 11.6 Å². The van der Waals surface area contributed by atoms with Crippen LogP contribution in [0, 0.1) is 5.92 Å². The van der Waals surface area contributed by atoms with Gasteiger partial charge in [-0.2, -0.15) is 0 Å². The van der Waals surface area contributed by atoms with Crippen LogP contribution in [0.1, 0.15) is 37.5 Å². The number of methoxy groups -OCH3 is 1. The maximum Gasteiger partial charge on any atom is 0.0850 e. The molecule has 0 amide bonds. The fourth-order valence-corrected chi connectivity index (χ4v) is 4.80. The maximum absolute atomic E-state index is 5.94. The summed E-state index contributed by atoms with van der Waals surface area (Å²) in [5.74, 6) is 6.54. The molecule has 1 aliphatic rings. The first-order chi connectivity index (χ1) is 9.11. The van der Waals surface area contributed by atoms with Crippen molar-refractivity contribution in [3.05, 3.63) is 20.8 Å². The lowest BCUT2D eigenvalue weighted by atomic mass is 9.73. The molecule has 0 spiro atoms. The van der Waals surface area contributed by atoms with Crippen molar-refractivity contribution in [3.8, 4) is 0 Å². The summed E-state index contributed by atoms with van der Waals surface area (Å²) in [4.78, 5) is 1.33. The fraction of sp³-hybridized carbons (Fsp3) is 0.714. The SMILES string of the molecule is COC1(C(Cc2sccc2Br)NN)CCCC(C)C1. The van der Waals surface area contributed by atoms with E-state index < -0.39 is 0 Å². The molecule has 0 radical (unpaired) electrons. The monoisotopic (exact) mass is 346 g/mol. The molecule has 0 bridgehead atoms. The van der Waals surface area contributed by atoms with E-state index in [1.807, 2.05) is 7.11 Å². The Morgan fingerprint density at radius 3 is 3.00 bits per heavy atom. The minimum absolute atomic E-state index is 0.129. The average Bonchev–Trinajstić information content (AvgIpc) is 2.81. The molecule has 1 fully saturated rings. The zero-order chi connectivity index (χ0) is 13.9. The normalized spacial score (nSPS) is 29.4. The van der Waals surface area contributed by atoms with Crippen molar-refractivity contribution in [1.82, 2.24) is 5.43 Å². The predicted molar refractivity (Wildman–Crippen MR) is 84.2 cm³/mol. The standard InChI is InChI=1S/C14H23BrN2OS/c1-10-4-3-6-14(9-10,18-2)13(17-16)8-12-11(15)5-7-19-12/h5,7,10,13,17H,3-4,6,8-9,16H2,1-2H3. The summed E-state index contributed by atoms with van der Waals surface area (Å²) in [5, 5.41) is 2.11. The van der Waals surface area contributed by atoms with Crippen LogP contribution >= 0.6 is 27.3 Å². The fourth-order valence-electron chi connectivity index (χ4n) is 3.24. The molecule has 3 nitrogen and oxygen atoms in total. The smallest absolute Gasteiger partial charge is 0.0850 e. The highest BCUT2D eigenvalue weighted by atomic mass is 79.9. The van der Waals surface area contributed by atoms with Crippen LogP contribution in [-0.4, -0.2) is 18.8 Å². The van der Waals surface area contributed by atoms with E-state index in [-0.39, 0.29) is 11.6 Å². The molecule has 1 saturated carbocycles. The van der Waals surface area contributed by atoms with Gasteiger partial charge in [-0.3, -0.25) is 11.3 Å². The Labute approximate surface area is 128 Å². The summed E-state index contributed by atoms with van der Waals surface area (Å²) < 4.78 is 7.11. The molecule has 3 N–H and O–H groups in total. The zero-order valence-electron chi connectivity index (χ0n) is 11.6. The van der Waals surface area contributed by atoms with Crippen LogP contribution in [0.3, 0.4) is 0 Å². The van der Waals surface area contributed by atoms with Crippen molar-refractivity contribution in [2.75, 3.05) is 7.11 Å². The lowest BCUT2D eigenvalue weighted by Gasteiger charge is -2.44. The summed E-state index contributed by atoms with van der Waals surface area (Å²) >= 11 is 5.37. The van der Waals surface area contributed by atoms with E-state index in [2.05, 4.69) is 39.7 Å². The Morgan fingerprint density at radius 1 is 1.68 bits per heavy atom. The van der Waals surface area contributed by atoms with Crippen LogP contribution in [0.2, 0.25) is 0 Å². The highest BCUT2D eigenvalue weighted by Crippen LogP contribution is 2.39. The molecule has 108 valence electrons. The first kappa shape index (κ1) is 15.4. The molecule has 0 saturated heterocycles. The van der Waals surface area contributed by atoms with Crippen LogP contribution in [0.25, 0.3) is 0 Å². The van der Waals surface area contributed by atoms with Gasteiger partial charge in [0.15, 0.2) is 0 Å². The molecule has 3 unspecified atom stereocenters. The number of nitrogens with one attached hydrogen (secondary N) is 1. The second-order valence-electron chi connectivity index (χ2n) is 5.59. The van der Waals surface area contributed by atoms with E-state index in [1.165, 1.54) is 22.2 Å². The molecule has 1 aliphatic carbocycles. The van der Waals surface area contributed by atoms with E-state index in [4.69, 9.17) is 10.6 Å². The van der Waals surface area contributed by atoms with Crippen molar-refractivity contribution < 1.29 is 4.74 Å². The highest BCUT2D eigenvalue weighted by molar-refractivity contribution is 9.10. The Morgan fingerprint density at radius 2 is 2.47 bits per heavy atom. The number of hydrazine groups is 1. The molecule has 1 aromatic rings. The van der Waals surface area contributed by atoms with Gasteiger partial charge in [-0.1, -0.05) is 19.8 Å². The van der Waals surface area contributed by atoms with Crippen molar-refractivity contribution in [1.29, 1.82) is 0 Å². The Hall–Kier alpha value is 0.0600. The lowest BCUT2D eigenvalue weighted by molar-refractivity contribution is -0.0790. The molecular formula is C14H23BrN2OS. The average molecular weight is 347 g/mol. The van der Waals surface area contributed by atoms with Gasteiger partial charge in [-0.15, -0.1) is 11.3 Å². The van der Waals surface area contributed by atoms with E-state index in [9.17, 15) is 0 Å². The minimum atomic E-state index is -0.129. The lowest BCUT2D eigenvalue weighted by Crippen LogP contribution is -2.57. The quantitative estimate of drug-likeness (QED) is 0.633. The van der Waals surface area contributed by atoms with Crippen molar-refractivity contribution in [3.63, 3.8) is 0 Å².